The molecule has 2 fully saturated rings. The number of rotatable bonds is 34. The molecule has 7 N–H and O–H groups in total. The fraction of sp³-hybridized carbons (Fsp3) is 0.909. The molecule has 11 atom stereocenters. The van der Waals surface area contributed by atoms with Crippen molar-refractivity contribution in [3.8, 4) is 0 Å². The van der Waals surface area contributed by atoms with Gasteiger partial charge in [-0.3, -0.25) is 9.59 Å². The number of ether oxygens (including phenoxy) is 6. The van der Waals surface area contributed by atoms with E-state index < -0.39 is 92.7 Å². The van der Waals surface area contributed by atoms with E-state index in [-0.39, 0.29) is 26.1 Å². The van der Waals surface area contributed by atoms with Crippen molar-refractivity contribution < 1.29 is 73.8 Å². The highest BCUT2D eigenvalue weighted by molar-refractivity contribution is 5.70. The summed E-state index contributed by atoms with van der Waals surface area (Å²) in [5, 5.41) is 71.8. The van der Waals surface area contributed by atoms with Gasteiger partial charge in [-0.05, 0) is 32.1 Å². The normalized spacial score (nSPS) is 27.9. The van der Waals surface area contributed by atoms with Crippen LogP contribution >= 0.6 is 0 Å². The minimum absolute atomic E-state index is 0.157. The molecule has 0 radical (unpaired) electrons. The maximum atomic E-state index is 12.9. The largest absolute Gasteiger partial charge is 0.462 e. The molecule has 0 spiro atoms. The number of unbranched alkanes of at least 4 members (excludes halogenated alkanes) is 18. The molecule has 0 aromatic carbocycles. The summed E-state index contributed by atoms with van der Waals surface area (Å²) in [5.74, 6) is -0.934. The van der Waals surface area contributed by atoms with E-state index in [1.165, 1.54) is 57.8 Å². The molecule has 346 valence electrons. The molecule has 2 rings (SSSR count). The summed E-state index contributed by atoms with van der Waals surface area (Å²) in [4.78, 5) is 25.5. The molecule has 2 heterocycles. The zero-order valence-corrected chi connectivity index (χ0v) is 36.0. The summed E-state index contributed by atoms with van der Waals surface area (Å²) in [6, 6.07) is 0. The molecule has 2 aliphatic heterocycles. The van der Waals surface area contributed by atoms with Crippen molar-refractivity contribution in [2.75, 3.05) is 26.4 Å². The van der Waals surface area contributed by atoms with E-state index >= 15 is 0 Å². The number of carbonyl (C=O) groups is 2. The number of aliphatic hydroxyl groups excluding tert-OH is 7. The quantitative estimate of drug-likeness (QED) is 0.0266. The van der Waals surface area contributed by atoms with Gasteiger partial charge in [0, 0.05) is 12.8 Å². The van der Waals surface area contributed by atoms with E-state index in [1.807, 2.05) is 0 Å². The van der Waals surface area contributed by atoms with Crippen LogP contribution in [-0.4, -0.2) is 142 Å². The Labute approximate surface area is 352 Å². The second kappa shape index (κ2) is 32.9. The first-order valence-corrected chi connectivity index (χ1v) is 22.8. The van der Waals surface area contributed by atoms with Crippen LogP contribution in [0.3, 0.4) is 0 Å². The Bertz CT molecular complexity index is 1090. The Morgan fingerprint density at radius 3 is 1.56 bits per heavy atom. The molecule has 2 saturated heterocycles. The predicted molar refractivity (Wildman–Crippen MR) is 220 cm³/mol. The van der Waals surface area contributed by atoms with E-state index in [9.17, 15) is 45.3 Å². The van der Waals surface area contributed by atoms with Crippen molar-refractivity contribution in [3.63, 3.8) is 0 Å². The molecule has 0 bridgehead atoms. The van der Waals surface area contributed by atoms with Crippen molar-refractivity contribution in [1.82, 2.24) is 0 Å². The minimum atomic E-state index is -1.76. The van der Waals surface area contributed by atoms with Crippen LogP contribution < -0.4 is 0 Å². The Hall–Kier alpha value is -1.76. The lowest BCUT2D eigenvalue weighted by Gasteiger charge is -2.42. The Balaban J connectivity index is 1.85. The van der Waals surface area contributed by atoms with Crippen LogP contribution in [0, 0.1) is 0 Å². The third-order valence-electron chi connectivity index (χ3n) is 11.0. The molecule has 59 heavy (non-hydrogen) atoms. The number of carbonyl (C=O) groups excluding carboxylic acids is 2. The summed E-state index contributed by atoms with van der Waals surface area (Å²) in [6.07, 6.45) is 11.2. The fourth-order valence-corrected chi connectivity index (χ4v) is 7.16. The number of esters is 2. The average Bonchev–Trinajstić information content (AvgIpc) is 3.23. The molecule has 0 saturated carbocycles. The number of hydrogen-bond donors (Lipinski definition) is 7. The van der Waals surface area contributed by atoms with E-state index in [4.69, 9.17) is 28.4 Å². The van der Waals surface area contributed by atoms with Crippen LogP contribution in [0.1, 0.15) is 162 Å². The second-order valence-electron chi connectivity index (χ2n) is 16.2. The molecular weight excluding hydrogens is 768 g/mol. The second-order valence-corrected chi connectivity index (χ2v) is 16.2. The maximum absolute atomic E-state index is 12.9. The Morgan fingerprint density at radius 1 is 0.525 bits per heavy atom. The summed E-state index contributed by atoms with van der Waals surface area (Å²) >= 11 is 0. The lowest BCUT2D eigenvalue weighted by Crippen LogP contribution is -2.61. The van der Waals surface area contributed by atoms with Gasteiger partial charge in [0.15, 0.2) is 18.7 Å². The first-order valence-electron chi connectivity index (χ1n) is 22.8. The van der Waals surface area contributed by atoms with Crippen molar-refractivity contribution >= 4 is 11.9 Å². The van der Waals surface area contributed by atoms with Gasteiger partial charge in [0.25, 0.3) is 0 Å². The first-order chi connectivity index (χ1) is 28.5. The summed E-state index contributed by atoms with van der Waals surface area (Å²) in [5.41, 5.74) is 0. The van der Waals surface area contributed by atoms with Crippen molar-refractivity contribution in [2.24, 2.45) is 0 Å². The molecule has 15 nitrogen and oxygen atoms in total. The van der Waals surface area contributed by atoms with Crippen LogP contribution in [0.5, 0.6) is 0 Å². The van der Waals surface area contributed by atoms with Crippen molar-refractivity contribution in [3.05, 3.63) is 12.2 Å². The van der Waals surface area contributed by atoms with E-state index in [0.717, 1.165) is 64.2 Å². The zero-order chi connectivity index (χ0) is 43.3. The van der Waals surface area contributed by atoms with Crippen LogP contribution in [0.25, 0.3) is 0 Å². The lowest BCUT2D eigenvalue weighted by atomic mass is 9.98. The Morgan fingerprint density at radius 2 is 1.00 bits per heavy atom. The number of hydrogen-bond acceptors (Lipinski definition) is 15. The third kappa shape index (κ3) is 22.2. The van der Waals surface area contributed by atoms with Gasteiger partial charge in [-0.2, -0.15) is 0 Å². The summed E-state index contributed by atoms with van der Waals surface area (Å²) in [6.45, 7) is 2.50. The van der Waals surface area contributed by atoms with E-state index in [1.54, 1.807) is 0 Å². The molecule has 11 unspecified atom stereocenters. The smallest absolute Gasteiger partial charge is 0.306 e. The maximum Gasteiger partial charge on any atom is 0.306 e. The predicted octanol–water partition coefficient (Wildman–Crippen LogP) is 4.65. The molecule has 0 amide bonds. The third-order valence-corrected chi connectivity index (χ3v) is 11.0. The highest BCUT2D eigenvalue weighted by Gasteiger charge is 2.47. The zero-order valence-electron chi connectivity index (χ0n) is 36.0. The van der Waals surface area contributed by atoms with Crippen LogP contribution in [0.4, 0.5) is 0 Å². The topological polar surface area (TPSA) is 231 Å². The average molecular weight is 849 g/mol. The highest BCUT2D eigenvalue weighted by atomic mass is 16.7. The van der Waals surface area contributed by atoms with E-state index in [2.05, 4.69) is 26.0 Å². The highest BCUT2D eigenvalue weighted by Crippen LogP contribution is 2.26. The van der Waals surface area contributed by atoms with Gasteiger partial charge in [-0.25, -0.2) is 0 Å². The van der Waals surface area contributed by atoms with Gasteiger partial charge < -0.3 is 64.2 Å². The monoisotopic (exact) mass is 849 g/mol. The van der Waals surface area contributed by atoms with E-state index in [0.29, 0.717) is 12.8 Å². The molecule has 0 aromatic heterocycles. The fourth-order valence-electron chi connectivity index (χ4n) is 7.16. The summed E-state index contributed by atoms with van der Waals surface area (Å²) in [7, 11) is 0. The molecule has 0 aliphatic carbocycles. The summed E-state index contributed by atoms with van der Waals surface area (Å²) < 4.78 is 33.4. The van der Waals surface area contributed by atoms with Crippen molar-refractivity contribution in [1.29, 1.82) is 0 Å². The standard InChI is InChI=1S/C44H80O15/c1-3-5-7-9-11-13-15-16-17-19-20-22-24-26-35(46)54-29-32(57-36(47)27-25-23-21-18-14-12-10-8-6-4-2)30-55-43-42(53)40(51)38(49)34(59-43)31-56-44-41(52)39(50)37(48)33(28-45)58-44/h8,10,32-34,37-45,48-53H,3-7,9,11-31H2,1-2H3/b10-8-. The number of aliphatic hydroxyl groups is 7. The lowest BCUT2D eigenvalue weighted by molar-refractivity contribution is -0.332. The van der Waals surface area contributed by atoms with Gasteiger partial charge in [-0.15, -0.1) is 0 Å². The number of allylic oxidation sites excluding steroid dienone is 2. The van der Waals surface area contributed by atoms with Gasteiger partial charge in [-0.1, -0.05) is 129 Å². The Kier molecular flexibility index (Phi) is 29.8. The molecule has 2 aliphatic rings. The van der Waals surface area contributed by atoms with Gasteiger partial charge >= 0.3 is 11.9 Å². The van der Waals surface area contributed by atoms with Crippen LogP contribution in [0.15, 0.2) is 12.2 Å². The van der Waals surface area contributed by atoms with Crippen molar-refractivity contribution in [2.45, 2.75) is 229 Å². The van der Waals surface area contributed by atoms with Gasteiger partial charge in [0.05, 0.1) is 19.8 Å². The van der Waals surface area contributed by atoms with Gasteiger partial charge in [0.2, 0.25) is 0 Å². The van der Waals surface area contributed by atoms with Crippen LogP contribution in [-0.2, 0) is 38.0 Å². The molecule has 0 aromatic rings. The molecular formula is C44H80O15. The van der Waals surface area contributed by atoms with Gasteiger partial charge in [0.1, 0.15) is 55.4 Å². The minimum Gasteiger partial charge on any atom is -0.462 e. The molecule has 15 heteroatoms. The first kappa shape index (κ1) is 53.4. The van der Waals surface area contributed by atoms with Crippen LogP contribution in [0.2, 0.25) is 0 Å². The SMILES string of the molecule is CCC/C=C\CCCCCCCC(=O)OC(COC(=O)CCCCCCCCCCCCCCC)COC1OC(COC2OC(CO)C(O)C(O)C2O)C(O)C(O)C1O.